The molecule has 1 fully saturated rings. The lowest BCUT2D eigenvalue weighted by molar-refractivity contribution is -0.121. The Morgan fingerprint density at radius 1 is 1.52 bits per heavy atom. The van der Waals surface area contributed by atoms with Crippen LogP contribution in [0, 0.1) is 0 Å². The van der Waals surface area contributed by atoms with Gasteiger partial charge in [0.25, 0.3) is 0 Å². The second-order valence-electron chi connectivity index (χ2n) is 5.36. The molecule has 1 unspecified atom stereocenters. The molecule has 1 saturated heterocycles. The van der Waals surface area contributed by atoms with Crippen molar-refractivity contribution in [1.29, 1.82) is 0 Å². The second-order valence-corrected chi connectivity index (χ2v) is 7.42. The van der Waals surface area contributed by atoms with Gasteiger partial charge < -0.3 is 15.4 Å². The van der Waals surface area contributed by atoms with Crippen LogP contribution in [0.1, 0.15) is 17.5 Å². The summed E-state index contributed by atoms with van der Waals surface area (Å²) in [5, 5.41) is 6.40. The minimum Gasteiger partial charge on any atom is -0.493 e. The average Bonchev–Trinajstić information content (AvgIpc) is 2.94. The van der Waals surface area contributed by atoms with Crippen LogP contribution in [0.15, 0.2) is 16.6 Å². The zero-order chi connectivity index (χ0) is 14.7. The molecule has 1 atom stereocenters. The molecule has 0 bridgehead atoms. The predicted octanol–water partition coefficient (Wildman–Crippen LogP) is 2.10. The fourth-order valence-electron chi connectivity index (χ4n) is 2.72. The Labute approximate surface area is 137 Å². The molecule has 1 amide bonds. The fourth-order valence-corrected chi connectivity index (χ4v) is 4.22. The van der Waals surface area contributed by atoms with Crippen molar-refractivity contribution in [3.05, 3.63) is 27.7 Å². The van der Waals surface area contributed by atoms with Crippen LogP contribution in [0.3, 0.4) is 0 Å². The molecule has 0 spiro atoms. The number of carbonyl (C=O) groups is 1. The highest BCUT2D eigenvalue weighted by Gasteiger charge is 2.19. The molecule has 0 radical (unpaired) electrons. The molecule has 2 N–H and O–H groups in total. The van der Waals surface area contributed by atoms with E-state index in [9.17, 15) is 4.79 Å². The lowest BCUT2D eigenvalue weighted by atomic mass is 10.1. The quantitative estimate of drug-likeness (QED) is 0.851. The smallest absolute Gasteiger partial charge is 0.221 e. The van der Waals surface area contributed by atoms with Gasteiger partial charge in [0.15, 0.2) is 0 Å². The standard InChI is InChI=1S/C15H19BrN2O2S/c16-12-5-10-1-3-20-15(10)11(6-12)8-18-14(19)7-13-9-21-4-2-17-13/h5-6,13,17H,1-4,7-9H2,(H,18,19). The molecule has 4 nitrogen and oxygen atoms in total. The summed E-state index contributed by atoms with van der Waals surface area (Å²) in [6.45, 7) is 2.26. The van der Waals surface area contributed by atoms with E-state index in [0.717, 1.165) is 46.9 Å². The van der Waals surface area contributed by atoms with E-state index in [1.54, 1.807) is 0 Å². The zero-order valence-corrected chi connectivity index (χ0v) is 14.2. The van der Waals surface area contributed by atoms with Gasteiger partial charge in [-0.25, -0.2) is 0 Å². The number of nitrogens with one attached hydrogen (secondary N) is 2. The summed E-state index contributed by atoms with van der Waals surface area (Å²) in [4.78, 5) is 12.1. The Bertz CT molecular complexity index is 533. The minimum absolute atomic E-state index is 0.0988. The van der Waals surface area contributed by atoms with E-state index in [1.165, 1.54) is 5.56 Å². The maximum absolute atomic E-state index is 12.1. The van der Waals surface area contributed by atoms with Crippen molar-refractivity contribution in [3.8, 4) is 5.75 Å². The number of halogens is 1. The van der Waals surface area contributed by atoms with Crippen molar-refractivity contribution in [3.63, 3.8) is 0 Å². The highest BCUT2D eigenvalue weighted by atomic mass is 79.9. The van der Waals surface area contributed by atoms with Crippen molar-refractivity contribution in [1.82, 2.24) is 10.6 Å². The predicted molar refractivity (Wildman–Crippen MR) is 88.9 cm³/mol. The summed E-state index contributed by atoms with van der Waals surface area (Å²) in [6.07, 6.45) is 1.49. The zero-order valence-electron chi connectivity index (χ0n) is 11.8. The van der Waals surface area contributed by atoms with Gasteiger partial charge in [-0.3, -0.25) is 4.79 Å². The lowest BCUT2D eigenvalue weighted by Crippen LogP contribution is -2.41. The van der Waals surface area contributed by atoms with Crippen LogP contribution in [0.5, 0.6) is 5.75 Å². The van der Waals surface area contributed by atoms with Crippen molar-refractivity contribution in [2.75, 3.05) is 24.7 Å². The number of amides is 1. The lowest BCUT2D eigenvalue weighted by Gasteiger charge is -2.22. The Morgan fingerprint density at radius 3 is 3.24 bits per heavy atom. The molecular weight excluding hydrogens is 352 g/mol. The second kappa shape index (κ2) is 7.03. The summed E-state index contributed by atoms with van der Waals surface area (Å²) in [5.74, 6) is 3.20. The third-order valence-corrected chi connectivity index (χ3v) is 5.32. The highest BCUT2D eigenvalue weighted by Crippen LogP contribution is 2.32. The van der Waals surface area contributed by atoms with E-state index < -0.39 is 0 Å². The molecule has 0 aliphatic carbocycles. The third kappa shape index (κ3) is 3.93. The summed E-state index contributed by atoms with van der Waals surface area (Å²) < 4.78 is 6.72. The third-order valence-electron chi connectivity index (χ3n) is 3.73. The van der Waals surface area contributed by atoms with Crippen molar-refractivity contribution < 1.29 is 9.53 Å². The molecular formula is C15H19BrN2O2S. The molecule has 1 aromatic carbocycles. The normalized spacial score (nSPS) is 20.7. The molecule has 2 aliphatic rings. The molecule has 0 aromatic heterocycles. The van der Waals surface area contributed by atoms with Gasteiger partial charge in [-0.05, 0) is 17.7 Å². The van der Waals surface area contributed by atoms with Crippen LogP contribution >= 0.6 is 27.7 Å². The molecule has 21 heavy (non-hydrogen) atoms. The monoisotopic (exact) mass is 370 g/mol. The largest absolute Gasteiger partial charge is 0.493 e. The summed E-state index contributed by atoms with van der Waals surface area (Å²) in [5.41, 5.74) is 2.27. The van der Waals surface area contributed by atoms with Crippen molar-refractivity contribution in [2.45, 2.75) is 25.4 Å². The Morgan fingerprint density at radius 2 is 2.43 bits per heavy atom. The van der Waals surface area contributed by atoms with Crippen LogP contribution in [0.4, 0.5) is 0 Å². The van der Waals surface area contributed by atoms with E-state index in [2.05, 4.69) is 32.6 Å². The van der Waals surface area contributed by atoms with Crippen molar-refractivity contribution >= 4 is 33.6 Å². The van der Waals surface area contributed by atoms with Gasteiger partial charge >= 0.3 is 0 Å². The van der Waals surface area contributed by atoms with Gasteiger partial charge in [-0.2, -0.15) is 11.8 Å². The van der Waals surface area contributed by atoms with Crippen LogP contribution in [0.25, 0.3) is 0 Å². The SMILES string of the molecule is O=C(CC1CSCCN1)NCc1cc(Br)cc2c1OCC2. The molecule has 2 aliphatic heterocycles. The summed E-state index contributed by atoms with van der Waals surface area (Å²) >= 11 is 5.43. The van der Waals surface area contributed by atoms with E-state index in [0.29, 0.717) is 19.0 Å². The topological polar surface area (TPSA) is 50.4 Å². The first kappa shape index (κ1) is 15.2. The van der Waals surface area contributed by atoms with Gasteiger partial charge in [0.2, 0.25) is 5.91 Å². The van der Waals surface area contributed by atoms with E-state index >= 15 is 0 Å². The van der Waals surface area contributed by atoms with Gasteiger partial charge in [0.05, 0.1) is 6.61 Å². The summed E-state index contributed by atoms with van der Waals surface area (Å²) in [7, 11) is 0. The Kier molecular flexibility index (Phi) is 5.08. The van der Waals surface area contributed by atoms with Crippen LogP contribution in [-0.2, 0) is 17.8 Å². The number of benzene rings is 1. The first-order valence-electron chi connectivity index (χ1n) is 7.24. The molecule has 3 rings (SSSR count). The number of ether oxygens (including phenoxy) is 1. The molecule has 114 valence electrons. The first-order chi connectivity index (χ1) is 10.2. The molecule has 6 heteroatoms. The Hall–Kier alpha value is -0.720. The van der Waals surface area contributed by atoms with Crippen molar-refractivity contribution in [2.24, 2.45) is 0 Å². The van der Waals surface area contributed by atoms with Crippen LogP contribution < -0.4 is 15.4 Å². The fraction of sp³-hybridized carbons (Fsp3) is 0.533. The van der Waals surface area contributed by atoms with E-state index in [-0.39, 0.29) is 5.91 Å². The number of thioether (sulfide) groups is 1. The molecule has 0 saturated carbocycles. The number of hydrogen-bond donors (Lipinski definition) is 2. The number of rotatable bonds is 4. The van der Waals surface area contributed by atoms with E-state index in [4.69, 9.17) is 4.74 Å². The van der Waals surface area contributed by atoms with Gasteiger partial charge in [0.1, 0.15) is 5.75 Å². The summed E-state index contributed by atoms with van der Waals surface area (Å²) in [6, 6.07) is 4.42. The maximum Gasteiger partial charge on any atom is 0.221 e. The number of fused-ring (bicyclic) bond motifs is 1. The number of carbonyl (C=O) groups excluding carboxylic acids is 1. The minimum atomic E-state index is 0.0988. The van der Waals surface area contributed by atoms with E-state index in [1.807, 2.05) is 17.8 Å². The molecule has 2 heterocycles. The molecule has 1 aromatic rings. The average molecular weight is 371 g/mol. The van der Waals surface area contributed by atoms with Crippen LogP contribution in [-0.4, -0.2) is 36.6 Å². The Balaban J connectivity index is 1.56. The van der Waals surface area contributed by atoms with Crippen LogP contribution in [0.2, 0.25) is 0 Å². The highest BCUT2D eigenvalue weighted by molar-refractivity contribution is 9.10. The van der Waals surface area contributed by atoms with Gasteiger partial charge in [-0.1, -0.05) is 15.9 Å². The maximum atomic E-state index is 12.1. The first-order valence-corrected chi connectivity index (χ1v) is 9.19. The van der Waals surface area contributed by atoms with Gasteiger partial charge in [0, 0.05) is 53.5 Å². The number of hydrogen-bond acceptors (Lipinski definition) is 4. The van der Waals surface area contributed by atoms with Gasteiger partial charge in [-0.15, -0.1) is 0 Å².